The zero-order valence-corrected chi connectivity index (χ0v) is 12.6. The van der Waals surface area contributed by atoms with Crippen LogP contribution in [-0.4, -0.2) is 5.91 Å². The molecule has 0 atom stereocenters. The van der Waals surface area contributed by atoms with Gasteiger partial charge < -0.3 is 11.1 Å². The van der Waals surface area contributed by atoms with Crippen LogP contribution in [0.4, 0.5) is 11.4 Å². The first-order chi connectivity index (χ1) is 10.1. The summed E-state index contributed by atoms with van der Waals surface area (Å²) in [6, 6.07) is 13.9. The predicted octanol–water partition coefficient (Wildman–Crippen LogP) is 3.71. The molecule has 0 radical (unpaired) electrons. The summed E-state index contributed by atoms with van der Waals surface area (Å²) >= 11 is 0. The van der Waals surface area contributed by atoms with Crippen LogP contribution in [0.1, 0.15) is 30.0 Å². The molecule has 3 heteroatoms. The number of nitrogen functional groups attached to an aromatic ring is 1. The minimum absolute atomic E-state index is 0.0263. The molecule has 0 heterocycles. The molecule has 0 aliphatic heterocycles. The first-order valence-corrected chi connectivity index (χ1v) is 7.32. The largest absolute Gasteiger partial charge is 0.399 e. The lowest BCUT2D eigenvalue weighted by atomic mass is 10.1. The maximum atomic E-state index is 11.9. The minimum Gasteiger partial charge on any atom is -0.399 e. The molecular formula is C18H22N2O. The van der Waals surface area contributed by atoms with Gasteiger partial charge in [0.05, 0.1) is 0 Å². The van der Waals surface area contributed by atoms with Crippen molar-refractivity contribution in [1.29, 1.82) is 0 Å². The zero-order valence-electron chi connectivity index (χ0n) is 12.6. The summed E-state index contributed by atoms with van der Waals surface area (Å²) in [7, 11) is 0. The molecular weight excluding hydrogens is 260 g/mol. The molecule has 0 aromatic heterocycles. The molecule has 2 rings (SSSR count). The van der Waals surface area contributed by atoms with E-state index in [0.29, 0.717) is 12.8 Å². The quantitative estimate of drug-likeness (QED) is 0.821. The van der Waals surface area contributed by atoms with E-state index in [9.17, 15) is 4.79 Å². The van der Waals surface area contributed by atoms with Crippen LogP contribution in [0.5, 0.6) is 0 Å². The van der Waals surface area contributed by atoms with E-state index in [-0.39, 0.29) is 5.91 Å². The molecule has 21 heavy (non-hydrogen) atoms. The highest BCUT2D eigenvalue weighted by Gasteiger charge is 2.04. The highest BCUT2D eigenvalue weighted by Crippen LogP contribution is 2.15. The number of carbonyl (C=O) groups excluding carboxylic acids is 1. The van der Waals surface area contributed by atoms with Gasteiger partial charge in [0.1, 0.15) is 0 Å². The van der Waals surface area contributed by atoms with Crippen molar-refractivity contribution in [1.82, 2.24) is 0 Å². The Bertz CT molecular complexity index is 618. The molecule has 2 aromatic rings. The number of hydrogen-bond acceptors (Lipinski definition) is 2. The van der Waals surface area contributed by atoms with Crippen LogP contribution in [-0.2, 0) is 17.6 Å². The van der Waals surface area contributed by atoms with E-state index in [0.717, 1.165) is 28.9 Å². The molecule has 0 unspecified atom stereocenters. The lowest BCUT2D eigenvalue weighted by molar-refractivity contribution is -0.116. The number of aryl methyl sites for hydroxylation is 3. The fourth-order valence-corrected chi connectivity index (χ4v) is 2.15. The summed E-state index contributed by atoms with van der Waals surface area (Å²) in [5.74, 6) is 0.0263. The zero-order chi connectivity index (χ0) is 15.2. The third-order valence-corrected chi connectivity index (χ3v) is 3.63. The van der Waals surface area contributed by atoms with Crippen molar-refractivity contribution in [3.8, 4) is 0 Å². The van der Waals surface area contributed by atoms with E-state index < -0.39 is 0 Å². The van der Waals surface area contributed by atoms with Crippen molar-refractivity contribution in [2.24, 2.45) is 0 Å². The van der Waals surface area contributed by atoms with Gasteiger partial charge in [-0.25, -0.2) is 0 Å². The van der Waals surface area contributed by atoms with Crippen LogP contribution in [0.2, 0.25) is 0 Å². The number of nitrogens with one attached hydrogen (secondary N) is 1. The Labute approximate surface area is 126 Å². The summed E-state index contributed by atoms with van der Waals surface area (Å²) in [5.41, 5.74) is 10.9. The maximum Gasteiger partial charge on any atom is 0.224 e. The Hall–Kier alpha value is -2.29. The van der Waals surface area contributed by atoms with Crippen LogP contribution in [0.15, 0.2) is 42.5 Å². The van der Waals surface area contributed by atoms with E-state index >= 15 is 0 Å². The van der Waals surface area contributed by atoms with E-state index in [1.165, 1.54) is 5.56 Å². The fourth-order valence-electron chi connectivity index (χ4n) is 2.15. The number of carbonyl (C=O) groups is 1. The van der Waals surface area contributed by atoms with Crippen LogP contribution in [0, 0.1) is 6.92 Å². The van der Waals surface area contributed by atoms with Crippen molar-refractivity contribution < 1.29 is 4.79 Å². The van der Waals surface area contributed by atoms with Gasteiger partial charge in [-0.1, -0.05) is 31.2 Å². The molecule has 3 N–H and O–H groups in total. The first kappa shape index (κ1) is 15.1. The van der Waals surface area contributed by atoms with Gasteiger partial charge in [0.25, 0.3) is 0 Å². The molecule has 0 fully saturated rings. The molecule has 0 bridgehead atoms. The van der Waals surface area contributed by atoms with Crippen LogP contribution in [0.3, 0.4) is 0 Å². The van der Waals surface area contributed by atoms with Crippen LogP contribution < -0.4 is 11.1 Å². The van der Waals surface area contributed by atoms with Gasteiger partial charge in [-0.3, -0.25) is 4.79 Å². The molecule has 0 aliphatic rings. The molecule has 1 amide bonds. The molecule has 0 aliphatic carbocycles. The first-order valence-electron chi connectivity index (χ1n) is 7.32. The van der Waals surface area contributed by atoms with E-state index in [1.807, 2.05) is 49.4 Å². The molecule has 2 aromatic carbocycles. The number of amides is 1. The second-order valence-corrected chi connectivity index (χ2v) is 5.29. The van der Waals surface area contributed by atoms with Gasteiger partial charge in [0.15, 0.2) is 0 Å². The van der Waals surface area contributed by atoms with E-state index in [2.05, 4.69) is 12.2 Å². The maximum absolute atomic E-state index is 11.9. The predicted molar refractivity (Wildman–Crippen MR) is 88.4 cm³/mol. The molecule has 3 nitrogen and oxygen atoms in total. The van der Waals surface area contributed by atoms with Crippen LogP contribution in [0.25, 0.3) is 0 Å². The van der Waals surface area contributed by atoms with Crippen molar-refractivity contribution in [2.45, 2.75) is 33.1 Å². The van der Waals surface area contributed by atoms with Crippen molar-refractivity contribution in [3.05, 3.63) is 59.2 Å². The van der Waals surface area contributed by atoms with Gasteiger partial charge in [-0.05, 0) is 54.7 Å². The van der Waals surface area contributed by atoms with E-state index in [1.54, 1.807) is 0 Å². The Kier molecular flexibility index (Phi) is 4.99. The average molecular weight is 282 g/mol. The topological polar surface area (TPSA) is 55.1 Å². The number of hydrogen-bond donors (Lipinski definition) is 2. The Morgan fingerprint density at radius 2 is 1.76 bits per heavy atom. The molecule has 110 valence electrons. The van der Waals surface area contributed by atoms with Gasteiger partial charge in [0.2, 0.25) is 5.91 Å². The number of nitrogens with two attached hydrogens (primary N) is 1. The number of anilines is 2. The summed E-state index contributed by atoms with van der Waals surface area (Å²) in [4.78, 5) is 11.9. The molecule has 0 spiro atoms. The Morgan fingerprint density at radius 1 is 1.10 bits per heavy atom. The van der Waals surface area contributed by atoms with Gasteiger partial charge in [-0.2, -0.15) is 0 Å². The second kappa shape index (κ2) is 6.93. The monoisotopic (exact) mass is 282 g/mol. The van der Waals surface area contributed by atoms with Gasteiger partial charge >= 0.3 is 0 Å². The SMILES string of the molecule is CCc1ccc(NC(=O)CCc2ccc(C)c(N)c2)cc1. The number of benzene rings is 2. The smallest absolute Gasteiger partial charge is 0.224 e. The lowest BCUT2D eigenvalue weighted by Crippen LogP contribution is -2.12. The fraction of sp³-hybridized carbons (Fsp3) is 0.278. The number of rotatable bonds is 5. The minimum atomic E-state index is 0.0263. The normalized spacial score (nSPS) is 10.4. The molecule has 0 saturated carbocycles. The second-order valence-electron chi connectivity index (χ2n) is 5.29. The standard InChI is InChI=1S/C18H22N2O/c1-3-14-6-9-16(10-7-14)20-18(21)11-8-15-5-4-13(2)17(19)12-15/h4-7,9-10,12H,3,8,11,19H2,1-2H3,(H,20,21). The third kappa shape index (κ3) is 4.35. The third-order valence-electron chi connectivity index (χ3n) is 3.63. The van der Waals surface area contributed by atoms with Crippen molar-refractivity contribution >= 4 is 17.3 Å². The average Bonchev–Trinajstić information content (AvgIpc) is 2.49. The lowest BCUT2D eigenvalue weighted by Gasteiger charge is -2.07. The summed E-state index contributed by atoms with van der Waals surface area (Å²) in [6.07, 6.45) is 2.16. The Balaban J connectivity index is 1.87. The summed E-state index contributed by atoms with van der Waals surface area (Å²) in [6.45, 7) is 4.09. The van der Waals surface area contributed by atoms with Gasteiger partial charge in [-0.15, -0.1) is 0 Å². The van der Waals surface area contributed by atoms with E-state index in [4.69, 9.17) is 5.73 Å². The highest BCUT2D eigenvalue weighted by molar-refractivity contribution is 5.90. The van der Waals surface area contributed by atoms with Gasteiger partial charge in [0, 0.05) is 17.8 Å². The highest BCUT2D eigenvalue weighted by atomic mass is 16.1. The van der Waals surface area contributed by atoms with Crippen LogP contribution >= 0.6 is 0 Å². The molecule has 0 saturated heterocycles. The summed E-state index contributed by atoms with van der Waals surface area (Å²) in [5, 5.41) is 2.92. The summed E-state index contributed by atoms with van der Waals surface area (Å²) < 4.78 is 0. The Morgan fingerprint density at radius 3 is 2.38 bits per heavy atom. The van der Waals surface area contributed by atoms with Crippen molar-refractivity contribution in [3.63, 3.8) is 0 Å². The van der Waals surface area contributed by atoms with Crippen molar-refractivity contribution in [2.75, 3.05) is 11.1 Å².